The highest BCUT2D eigenvalue weighted by Crippen LogP contribution is 2.27. The number of hydrogen-bond donors (Lipinski definition) is 2. The minimum absolute atomic E-state index is 0.364. The molecule has 0 saturated heterocycles. The summed E-state index contributed by atoms with van der Waals surface area (Å²) in [7, 11) is 1.36. The number of nitrogens with two attached hydrogens (primary N) is 1. The summed E-state index contributed by atoms with van der Waals surface area (Å²) in [5, 5.41) is 3.35. The molecule has 5 nitrogen and oxygen atoms in total. The lowest BCUT2D eigenvalue weighted by Gasteiger charge is -2.28. The number of ether oxygens (including phenoxy) is 1. The van der Waals surface area contributed by atoms with E-state index in [1.165, 1.54) is 20.0 Å². The summed E-state index contributed by atoms with van der Waals surface area (Å²) in [5.41, 5.74) is 6.54. The van der Waals surface area contributed by atoms with Crippen LogP contribution in [0.25, 0.3) is 0 Å². The van der Waals surface area contributed by atoms with Crippen molar-refractivity contribution in [1.29, 1.82) is 0 Å². The largest absolute Gasteiger partial charge is 0.465 e. The van der Waals surface area contributed by atoms with Gasteiger partial charge in [-0.1, -0.05) is 19.8 Å². The van der Waals surface area contributed by atoms with E-state index in [1.54, 1.807) is 12.3 Å². The molecule has 0 bridgehead atoms. The average Bonchev–Trinajstić information content (AvgIpc) is 2.40. The number of hydrogen-bond acceptors (Lipinski definition) is 5. The Balaban J connectivity index is 2.17. The van der Waals surface area contributed by atoms with E-state index in [9.17, 15) is 4.79 Å². The zero-order chi connectivity index (χ0) is 13.8. The average molecular weight is 263 g/mol. The van der Waals surface area contributed by atoms with Gasteiger partial charge in [-0.2, -0.15) is 0 Å². The number of nitrogens with one attached hydrogen (secondary N) is 1. The van der Waals surface area contributed by atoms with Crippen LogP contribution in [0.5, 0.6) is 0 Å². The molecule has 1 aromatic rings. The molecule has 1 saturated carbocycles. The quantitative estimate of drug-likeness (QED) is 0.819. The molecule has 0 spiro atoms. The molecule has 0 aromatic carbocycles. The van der Waals surface area contributed by atoms with E-state index in [2.05, 4.69) is 17.2 Å². The van der Waals surface area contributed by atoms with Gasteiger partial charge in [0.2, 0.25) is 0 Å². The summed E-state index contributed by atoms with van der Waals surface area (Å²) < 4.78 is 4.77. The van der Waals surface area contributed by atoms with Crippen LogP contribution in [0.1, 0.15) is 43.0 Å². The van der Waals surface area contributed by atoms with Crippen molar-refractivity contribution in [2.24, 2.45) is 5.92 Å². The minimum Gasteiger partial charge on any atom is -0.465 e. The predicted molar refractivity (Wildman–Crippen MR) is 75.0 cm³/mol. The Morgan fingerprint density at radius 1 is 1.53 bits per heavy atom. The molecule has 0 amide bonds. The van der Waals surface area contributed by atoms with Crippen molar-refractivity contribution in [3.63, 3.8) is 0 Å². The van der Waals surface area contributed by atoms with Gasteiger partial charge < -0.3 is 15.8 Å². The van der Waals surface area contributed by atoms with Crippen molar-refractivity contribution < 1.29 is 9.53 Å². The molecule has 3 N–H and O–H groups in total. The first-order valence-corrected chi connectivity index (χ1v) is 6.70. The molecule has 1 fully saturated rings. The number of aromatic nitrogens is 1. The zero-order valence-electron chi connectivity index (χ0n) is 11.5. The molecular formula is C14H21N3O2. The second-order valence-electron chi connectivity index (χ2n) is 5.27. The van der Waals surface area contributed by atoms with Crippen molar-refractivity contribution in [2.75, 3.05) is 18.2 Å². The van der Waals surface area contributed by atoms with Gasteiger partial charge in [0.25, 0.3) is 0 Å². The normalized spacial score (nSPS) is 22.8. The maximum atomic E-state index is 11.7. The van der Waals surface area contributed by atoms with Gasteiger partial charge in [0.15, 0.2) is 0 Å². The Kier molecular flexibility index (Phi) is 4.24. The van der Waals surface area contributed by atoms with Gasteiger partial charge in [-0.3, -0.25) is 0 Å². The lowest BCUT2D eigenvalue weighted by molar-refractivity contribution is 0.0601. The van der Waals surface area contributed by atoms with Gasteiger partial charge in [0.05, 0.1) is 19.0 Å². The molecule has 0 radical (unpaired) electrons. The van der Waals surface area contributed by atoms with Crippen LogP contribution < -0.4 is 11.1 Å². The lowest BCUT2D eigenvalue weighted by Crippen LogP contribution is -2.27. The second-order valence-corrected chi connectivity index (χ2v) is 5.27. The maximum Gasteiger partial charge on any atom is 0.341 e. The third kappa shape index (κ3) is 3.36. The van der Waals surface area contributed by atoms with Crippen LogP contribution in [-0.4, -0.2) is 24.1 Å². The van der Waals surface area contributed by atoms with E-state index in [-0.39, 0.29) is 0 Å². The summed E-state index contributed by atoms with van der Waals surface area (Å²) in [5.74, 6) is 0.868. The molecule has 5 heteroatoms. The molecule has 1 aliphatic rings. The monoisotopic (exact) mass is 263 g/mol. The van der Waals surface area contributed by atoms with E-state index >= 15 is 0 Å². The van der Waals surface area contributed by atoms with Crippen molar-refractivity contribution in [3.8, 4) is 0 Å². The Labute approximate surface area is 113 Å². The molecule has 1 aliphatic carbocycles. The number of methoxy groups -OCH3 is 1. The third-order valence-electron chi connectivity index (χ3n) is 3.59. The number of nitrogens with zero attached hydrogens (tertiary/aromatic N) is 1. The molecule has 0 aliphatic heterocycles. The Morgan fingerprint density at radius 3 is 3.00 bits per heavy atom. The number of nitrogen functional groups attached to an aromatic ring is 1. The van der Waals surface area contributed by atoms with Gasteiger partial charge in [0, 0.05) is 6.04 Å². The summed E-state index contributed by atoms with van der Waals surface area (Å²) in [6, 6.07) is 1.97. The first-order valence-electron chi connectivity index (χ1n) is 6.70. The van der Waals surface area contributed by atoms with Crippen molar-refractivity contribution in [1.82, 2.24) is 4.98 Å². The second kappa shape index (κ2) is 5.91. The van der Waals surface area contributed by atoms with Gasteiger partial charge in [-0.25, -0.2) is 9.78 Å². The number of carbonyl (C=O) groups excluding carboxylic acids is 1. The smallest absolute Gasteiger partial charge is 0.341 e. The number of esters is 1. The van der Waals surface area contributed by atoms with E-state index in [0.717, 1.165) is 12.8 Å². The molecular weight excluding hydrogens is 242 g/mol. The molecule has 19 heavy (non-hydrogen) atoms. The number of anilines is 2. The minimum atomic E-state index is -0.411. The predicted octanol–water partition coefficient (Wildman–Crippen LogP) is 2.44. The van der Waals surface area contributed by atoms with Crippen LogP contribution in [0, 0.1) is 5.92 Å². The summed E-state index contributed by atoms with van der Waals surface area (Å²) in [6.45, 7) is 2.26. The number of pyridine rings is 1. The topological polar surface area (TPSA) is 77.2 Å². The highest BCUT2D eigenvalue weighted by atomic mass is 16.5. The Hall–Kier alpha value is -1.78. The molecule has 2 rings (SSSR count). The zero-order valence-corrected chi connectivity index (χ0v) is 11.5. The molecule has 1 heterocycles. The Morgan fingerprint density at radius 2 is 2.32 bits per heavy atom. The first kappa shape index (κ1) is 13.6. The summed E-state index contributed by atoms with van der Waals surface area (Å²) >= 11 is 0. The fourth-order valence-corrected chi connectivity index (χ4v) is 2.62. The fraction of sp³-hybridized carbons (Fsp3) is 0.571. The summed E-state index contributed by atoms with van der Waals surface area (Å²) in [4.78, 5) is 16.0. The highest BCUT2D eigenvalue weighted by Gasteiger charge is 2.21. The maximum absolute atomic E-state index is 11.7. The van der Waals surface area contributed by atoms with Gasteiger partial charge >= 0.3 is 5.97 Å². The SMILES string of the molecule is COC(=O)c1cc(N)cnc1NC1CCCC(C)C1. The van der Waals surface area contributed by atoms with Crippen LogP contribution in [0.3, 0.4) is 0 Å². The standard InChI is InChI=1S/C14H21N3O2/c1-9-4-3-5-11(6-9)17-13-12(14(18)19-2)7-10(15)8-16-13/h7-9,11H,3-6,15H2,1-2H3,(H,16,17). The lowest BCUT2D eigenvalue weighted by atomic mass is 9.87. The molecule has 2 unspecified atom stereocenters. The van der Waals surface area contributed by atoms with Crippen molar-refractivity contribution in [2.45, 2.75) is 38.6 Å². The first-order chi connectivity index (χ1) is 9.10. The van der Waals surface area contributed by atoms with Crippen molar-refractivity contribution in [3.05, 3.63) is 17.8 Å². The van der Waals surface area contributed by atoms with Crippen LogP contribution in [0.4, 0.5) is 11.5 Å². The highest BCUT2D eigenvalue weighted by molar-refractivity contribution is 5.95. The van der Waals surface area contributed by atoms with Gasteiger partial charge in [-0.05, 0) is 24.8 Å². The van der Waals surface area contributed by atoms with Crippen molar-refractivity contribution >= 4 is 17.5 Å². The molecule has 2 atom stereocenters. The third-order valence-corrected chi connectivity index (χ3v) is 3.59. The van der Waals surface area contributed by atoms with Gasteiger partial charge in [-0.15, -0.1) is 0 Å². The van der Waals surface area contributed by atoms with E-state index < -0.39 is 5.97 Å². The summed E-state index contributed by atoms with van der Waals surface area (Å²) in [6.07, 6.45) is 6.25. The van der Waals surface area contributed by atoms with Crippen LogP contribution >= 0.6 is 0 Å². The van der Waals surface area contributed by atoms with Gasteiger partial charge in [0.1, 0.15) is 11.4 Å². The van der Waals surface area contributed by atoms with E-state index in [4.69, 9.17) is 10.5 Å². The number of carbonyl (C=O) groups is 1. The molecule has 1 aromatic heterocycles. The van der Waals surface area contributed by atoms with Crippen LogP contribution in [0.15, 0.2) is 12.3 Å². The van der Waals surface area contributed by atoms with E-state index in [1.807, 2.05) is 0 Å². The molecule has 104 valence electrons. The number of rotatable bonds is 3. The van der Waals surface area contributed by atoms with Crippen LogP contribution in [-0.2, 0) is 4.74 Å². The fourth-order valence-electron chi connectivity index (χ4n) is 2.62. The van der Waals surface area contributed by atoms with Crippen LogP contribution in [0.2, 0.25) is 0 Å². The van der Waals surface area contributed by atoms with E-state index in [0.29, 0.717) is 29.0 Å². The Bertz CT molecular complexity index is 462.